The van der Waals surface area contributed by atoms with Crippen LogP contribution in [0, 0.1) is 0 Å². The topological polar surface area (TPSA) is 88.3 Å². The highest BCUT2D eigenvalue weighted by molar-refractivity contribution is 6.11. The second-order valence-electron chi connectivity index (χ2n) is 5.02. The number of benzene rings is 1. The maximum Gasteiger partial charge on any atom is 0.233 e. The van der Waals surface area contributed by atoms with E-state index in [1.807, 2.05) is 20.2 Å². The van der Waals surface area contributed by atoms with Gasteiger partial charge in [0.15, 0.2) is 11.6 Å². The van der Waals surface area contributed by atoms with Crippen molar-refractivity contribution in [2.24, 2.45) is 0 Å². The van der Waals surface area contributed by atoms with E-state index in [0.29, 0.717) is 17.1 Å². The Morgan fingerprint density at radius 2 is 1.82 bits per heavy atom. The number of hydrogen-bond acceptors (Lipinski definition) is 5. The van der Waals surface area contributed by atoms with Gasteiger partial charge in [-0.2, -0.15) is 0 Å². The summed E-state index contributed by atoms with van der Waals surface area (Å²) in [6, 6.07) is 12.1. The average Bonchev–Trinajstić information content (AvgIpc) is 2.50. The third kappa shape index (κ3) is 3.82. The van der Waals surface area contributed by atoms with E-state index in [1.54, 1.807) is 41.3 Å². The quantitative estimate of drug-likeness (QED) is 0.650. The summed E-state index contributed by atoms with van der Waals surface area (Å²) in [6.07, 6.45) is -0.253. The Hall–Kier alpha value is -2.89. The van der Waals surface area contributed by atoms with Gasteiger partial charge in [-0.25, -0.2) is 4.98 Å². The molecule has 1 aromatic carbocycles. The monoisotopic (exact) mass is 298 g/mol. The Morgan fingerprint density at radius 1 is 1.14 bits per heavy atom. The third-order valence-corrected chi connectivity index (χ3v) is 3.04. The molecule has 0 aliphatic heterocycles. The first-order valence-corrected chi connectivity index (χ1v) is 6.79. The van der Waals surface area contributed by atoms with Gasteiger partial charge in [-0.05, 0) is 12.1 Å². The summed E-state index contributed by atoms with van der Waals surface area (Å²) in [7, 11) is 3.67. The first-order valence-electron chi connectivity index (χ1n) is 6.79. The molecular weight excluding hydrogens is 280 g/mol. The molecule has 1 aromatic heterocycles. The molecule has 6 nitrogen and oxygen atoms in total. The van der Waals surface area contributed by atoms with Crippen molar-refractivity contribution in [2.75, 3.05) is 30.0 Å². The van der Waals surface area contributed by atoms with Crippen molar-refractivity contribution in [1.29, 1.82) is 0 Å². The Labute approximate surface area is 129 Å². The molecule has 0 spiro atoms. The lowest BCUT2D eigenvalue weighted by Crippen LogP contribution is -2.19. The van der Waals surface area contributed by atoms with Crippen molar-refractivity contribution < 1.29 is 9.59 Å². The number of carbonyl (C=O) groups excluding carboxylic acids is 2. The number of hydrogen-bond donors (Lipinski definition) is 2. The van der Waals surface area contributed by atoms with Gasteiger partial charge in [-0.1, -0.05) is 30.3 Å². The highest BCUT2D eigenvalue weighted by Gasteiger charge is 2.14. The first-order chi connectivity index (χ1) is 10.5. The van der Waals surface area contributed by atoms with Gasteiger partial charge >= 0.3 is 0 Å². The molecule has 0 fully saturated rings. The molecule has 0 aliphatic rings. The van der Waals surface area contributed by atoms with Crippen LogP contribution in [0.1, 0.15) is 16.8 Å². The van der Waals surface area contributed by atoms with Gasteiger partial charge in [-0.3, -0.25) is 9.59 Å². The molecule has 1 heterocycles. The molecule has 0 aliphatic carbocycles. The number of pyridine rings is 1. The first kappa shape index (κ1) is 15.5. The number of nitrogen functional groups attached to an aromatic ring is 1. The number of nitrogens with one attached hydrogen (secondary N) is 1. The zero-order valence-electron chi connectivity index (χ0n) is 12.5. The smallest absolute Gasteiger partial charge is 0.233 e. The highest BCUT2D eigenvalue weighted by atomic mass is 16.2. The van der Waals surface area contributed by atoms with Crippen molar-refractivity contribution in [3.63, 3.8) is 0 Å². The molecule has 114 valence electrons. The maximum absolute atomic E-state index is 12.0. The summed E-state index contributed by atoms with van der Waals surface area (Å²) in [5.41, 5.74) is 6.65. The lowest BCUT2D eigenvalue weighted by atomic mass is 10.1. The van der Waals surface area contributed by atoms with Gasteiger partial charge in [0.2, 0.25) is 5.91 Å². The fourth-order valence-electron chi connectivity index (χ4n) is 1.86. The number of carbonyl (C=O) groups is 2. The van der Waals surface area contributed by atoms with E-state index in [0.717, 1.165) is 0 Å². The molecule has 0 saturated heterocycles. The number of ketones is 1. The van der Waals surface area contributed by atoms with Gasteiger partial charge in [0.25, 0.3) is 0 Å². The minimum absolute atomic E-state index is 0.250. The van der Waals surface area contributed by atoms with Crippen LogP contribution in [0.25, 0.3) is 0 Å². The summed E-state index contributed by atoms with van der Waals surface area (Å²) in [6.45, 7) is 0. The van der Waals surface area contributed by atoms with E-state index in [1.165, 1.54) is 0 Å². The largest absolute Gasteiger partial charge is 0.396 e. The second kappa shape index (κ2) is 6.71. The molecule has 0 radical (unpaired) electrons. The highest BCUT2D eigenvalue weighted by Crippen LogP contribution is 2.20. The maximum atomic E-state index is 12.0. The fourth-order valence-corrected chi connectivity index (χ4v) is 1.86. The van der Waals surface area contributed by atoms with Crippen LogP contribution in [0.4, 0.5) is 17.3 Å². The Bertz CT molecular complexity index is 684. The molecule has 0 unspecified atom stereocenters. The number of anilines is 3. The number of Topliss-reactive ketones (excluding diaryl/α,β-unsaturated/α-hetero) is 1. The van der Waals surface area contributed by atoms with Crippen LogP contribution < -0.4 is 16.0 Å². The van der Waals surface area contributed by atoms with Crippen molar-refractivity contribution in [2.45, 2.75) is 6.42 Å². The minimum atomic E-state index is -0.441. The van der Waals surface area contributed by atoms with Crippen molar-refractivity contribution >= 4 is 29.0 Å². The van der Waals surface area contributed by atoms with Gasteiger partial charge < -0.3 is 16.0 Å². The predicted molar refractivity (Wildman–Crippen MR) is 87.0 cm³/mol. The van der Waals surface area contributed by atoms with Crippen molar-refractivity contribution in [3.05, 3.63) is 48.0 Å². The zero-order valence-corrected chi connectivity index (χ0v) is 12.5. The molecule has 2 rings (SSSR count). The molecule has 0 bridgehead atoms. The van der Waals surface area contributed by atoms with Gasteiger partial charge in [-0.15, -0.1) is 0 Å². The number of nitrogens with two attached hydrogens (primary N) is 1. The van der Waals surface area contributed by atoms with Crippen LogP contribution in [-0.2, 0) is 4.79 Å². The molecule has 3 N–H and O–H groups in total. The van der Waals surface area contributed by atoms with Crippen LogP contribution >= 0.6 is 0 Å². The van der Waals surface area contributed by atoms with E-state index in [-0.39, 0.29) is 18.0 Å². The molecule has 22 heavy (non-hydrogen) atoms. The van der Waals surface area contributed by atoms with Crippen LogP contribution in [0.15, 0.2) is 42.5 Å². The van der Waals surface area contributed by atoms with E-state index in [4.69, 9.17) is 5.73 Å². The van der Waals surface area contributed by atoms with Crippen LogP contribution in [0.2, 0.25) is 0 Å². The fraction of sp³-hybridized carbons (Fsp3) is 0.188. The van der Waals surface area contributed by atoms with Gasteiger partial charge in [0.1, 0.15) is 5.82 Å². The Balaban J connectivity index is 2.06. The van der Waals surface area contributed by atoms with Crippen molar-refractivity contribution in [3.8, 4) is 0 Å². The van der Waals surface area contributed by atoms with Gasteiger partial charge in [0.05, 0.1) is 12.1 Å². The van der Waals surface area contributed by atoms with Gasteiger partial charge in [0, 0.05) is 19.7 Å². The van der Waals surface area contributed by atoms with Crippen LogP contribution in [0.5, 0.6) is 0 Å². The summed E-state index contributed by atoms with van der Waals surface area (Å²) in [5.74, 6) is 0.236. The average molecular weight is 298 g/mol. The molecule has 1 amide bonds. The van der Waals surface area contributed by atoms with E-state index < -0.39 is 5.91 Å². The van der Waals surface area contributed by atoms with Crippen LogP contribution in [0.3, 0.4) is 0 Å². The molecule has 2 aromatic rings. The lowest BCUT2D eigenvalue weighted by Gasteiger charge is -2.14. The van der Waals surface area contributed by atoms with E-state index >= 15 is 0 Å². The predicted octanol–water partition coefficient (Wildman–Crippen LogP) is 1.94. The Morgan fingerprint density at radius 3 is 2.45 bits per heavy atom. The molecular formula is C16H18N4O2. The normalized spacial score (nSPS) is 10.1. The van der Waals surface area contributed by atoms with E-state index in [9.17, 15) is 9.59 Å². The van der Waals surface area contributed by atoms with Crippen molar-refractivity contribution in [1.82, 2.24) is 4.98 Å². The summed E-state index contributed by atoms with van der Waals surface area (Å²) in [4.78, 5) is 30.0. The minimum Gasteiger partial charge on any atom is -0.396 e. The summed E-state index contributed by atoms with van der Waals surface area (Å²) >= 11 is 0. The number of nitrogens with zero attached hydrogens (tertiary/aromatic N) is 2. The second-order valence-corrected chi connectivity index (χ2v) is 5.02. The number of rotatable bonds is 5. The van der Waals surface area contributed by atoms with E-state index in [2.05, 4.69) is 10.3 Å². The molecule has 0 saturated carbocycles. The third-order valence-electron chi connectivity index (χ3n) is 3.04. The number of amides is 1. The lowest BCUT2D eigenvalue weighted by molar-refractivity contribution is -0.115. The molecule has 0 atom stereocenters. The Kier molecular flexibility index (Phi) is 4.73. The SMILES string of the molecule is CN(C)c1ccc(N)c(NC(=O)CC(=O)c2ccccc2)n1. The molecule has 6 heteroatoms. The van der Waals surface area contributed by atoms with Crippen LogP contribution in [-0.4, -0.2) is 30.8 Å². The summed E-state index contributed by atoms with van der Waals surface area (Å²) in [5, 5.41) is 2.58. The number of aromatic nitrogens is 1. The zero-order chi connectivity index (χ0) is 16.1. The standard InChI is InChI=1S/C16H18N4O2/c1-20(2)14-9-8-12(17)16(18-14)19-15(22)10-13(21)11-6-4-3-5-7-11/h3-9H,10,17H2,1-2H3,(H,18,19,22). The summed E-state index contributed by atoms with van der Waals surface area (Å²) < 4.78 is 0.